The molecule has 0 aromatic heterocycles. The van der Waals surface area contributed by atoms with E-state index in [1.165, 1.54) is 38.5 Å². The second-order valence-corrected chi connectivity index (χ2v) is 11.0. The van der Waals surface area contributed by atoms with Gasteiger partial charge in [0.05, 0.1) is 6.10 Å². The van der Waals surface area contributed by atoms with E-state index in [2.05, 4.69) is 33.8 Å². The van der Waals surface area contributed by atoms with Gasteiger partial charge in [0.25, 0.3) is 0 Å². The number of aliphatic hydroxyl groups excluding tert-OH is 2. The molecule has 4 aliphatic rings. The molecule has 7 atom stereocenters. The largest absolute Gasteiger partial charge is 0.396 e. The van der Waals surface area contributed by atoms with Crippen LogP contribution in [0, 0.1) is 39.9 Å². The van der Waals surface area contributed by atoms with Crippen molar-refractivity contribution in [2.45, 2.75) is 85.2 Å². The molecule has 0 saturated heterocycles. The van der Waals surface area contributed by atoms with Crippen molar-refractivity contribution in [3.8, 4) is 0 Å². The zero-order valence-electron chi connectivity index (χ0n) is 16.7. The number of fused-ring (bicyclic) bond motifs is 5. The summed E-state index contributed by atoms with van der Waals surface area (Å²) in [6, 6.07) is 0. The lowest BCUT2D eigenvalue weighted by molar-refractivity contribution is -0.0529. The van der Waals surface area contributed by atoms with E-state index in [0.717, 1.165) is 24.7 Å². The van der Waals surface area contributed by atoms with Crippen molar-refractivity contribution in [3.63, 3.8) is 0 Å². The van der Waals surface area contributed by atoms with Gasteiger partial charge >= 0.3 is 0 Å². The summed E-state index contributed by atoms with van der Waals surface area (Å²) in [5.41, 5.74) is 2.59. The summed E-state index contributed by atoms with van der Waals surface area (Å²) in [6.07, 6.45) is 12.2. The third kappa shape index (κ3) is 2.50. The molecule has 0 spiro atoms. The third-order valence-electron chi connectivity index (χ3n) is 9.40. The van der Waals surface area contributed by atoms with Crippen LogP contribution in [0.1, 0.15) is 79.1 Å². The maximum absolute atomic E-state index is 10.2. The number of rotatable bonds is 2. The Bertz CT molecular complexity index is 564. The van der Waals surface area contributed by atoms with Crippen LogP contribution >= 0.6 is 0 Å². The van der Waals surface area contributed by atoms with Crippen LogP contribution in [0.4, 0.5) is 0 Å². The first-order valence-electron chi connectivity index (χ1n) is 10.7. The first-order valence-corrected chi connectivity index (χ1v) is 10.7. The van der Waals surface area contributed by atoms with Crippen LogP contribution in [-0.4, -0.2) is 22.9 Å². The van der Waals surface area contributed by atoms with Gasteiger partial charge in [0, 0.05) is 6.61 Å². The Morgan fingerprint density at radius 3 is 2.44 bits per heavy atom. The maximum atomic E-state index is 10.2. The summed E-state index contributed by atoms with van der Waals surface area (Å²) in [4.78, 5) is 0. The number of aliphatic hydroxyl groups is 2. The average Bonchev–Trinajstić information content (AvgIpc) is 2.93. The smallest absolute Gasteiger partial charge is 0.0543 e. The Kier molecular flexibility index (Phi) is 4.21. The monoisotopic (exact) mass is 346 g/mol. The van der Waals surface area contributed by atoms with E-state index in [0.29, 0.717) is 29.3 Å². The molecule has 0 bridgehead atoms. The summed E-state index contributed by atoms with van der Waals surface area (Å²) in [6.45, 7) is 9.91. The lowest BCUT2D eigenvalue weighted by Crippen LogP contribution is -2.50. The number of hydrogen-bond acceptors (Lipinski definition) is 2. The number of allylic oxidation sites excluding steroid dienone is 2. The predicted octanol–water partition coefficient (Wildman–Crippen LogP) is 4.94. The van der Waals surface area contributed by atoms with Crippen LogP contribution in [0.2, 0.25) is 0 Å². The lowest BCUT2D eigenvalue weighted by atomic mass is 9.47. The second kappa shape index (κ2) is 5.83. The van der Waals surface area contributed by atoms with Crippen molar-refractivity contribution in [2.75, 3.05) is 6.61 Å². The van der Waals surface area contributed by atoms with Crippen molar-refractivity contribution in [1.82, 2.24) is 0 Å². The molecule has 4 rings (SSSR count). The van der Waals surface area contributed by atoms with Crippen molar-refractivity contribution in [3.05, 3.63) is 11.6 Å². The Balaban J connectivity index is 1.65. The molecule has 2 nitrogen and oxygen atoms in total. The van der Waals surface area contributed by atoms with Crippen molar-refractivity contribution in [2.24, 2.45) is 39.9 Å². The Labute approximate surface area is 154 Å². The van der Waals surface area contributed by atoms with Crippen molar-refractivity contribution in [1.29, 1.82) is 0 Å². The molecule has 2 N–H and O–H groups in total. The zero-order valence-corrected chi connectivity index (χ0v) is 16.7. The highest BCUT2D eigenvalue weighted by Gasteiger charge is 2.59. The molecule has 142 valence electrons. The van der Waals surface area contributed by atoms with Crippen molar-refractivity contribution >= 4 is 0 Å². The maximum Gasteiger partial charge on any atom is 0.0543 e. The fourth-order valence-corrected chi connectivity index (χ4v) is 7.88. The van der Waals surface area contributed by atoms with Crippen LogP contribution in [-0.2, 0) is 0 Å². The van der Waals surface area contributed by atoms with E-state index < -0.39 is 0 Å². The van der Waals surface area contributed by atoms with Gasteiger partial charge in [0.15, 0.2) is 0 Å². The van der Waals surface area contributed by atoms with Crippen LogP contribution in [0.5, 0.6) is 0 Å². The molecule has 0 aromatic rings. The molecule has 0 aliphatic heterocycles. The first kappa shape index (κ1) is 18.0. The highest BCUT2D eigenvalue weighted by atomic mass is 16.3. The van der Waals surface area contributed by atoms with Crippen LogP contribution in [0.25, 0.3) is 0 Å². The molecular weight excluding hydrogens is 308 g/mol. The van der Waals surface area contributed by atoms with Gasteiger partial charge in [-0.2, -0.15) is 0 Å². The molecule has 0 heterocycles. The van der Waals surface area contributed by atoms with E-state index in [1.807, 2.05) is 0 Å². The van der Waals surface area contributed by atoms with Gasteiger partial charge in [0.2, 0.25) is 0 Å². The predicted molar refractivity (Wildman–Crippen MR) is 102 cm³/mol. The topological polar surface area (TPSA) is 40.5 Å². The molecule has 0 radical (unpaired) electrons. The van der Waals surface area contributed by atoms with Crippen LogP contribution < -0.4 is 0 Å². The molecule has 2 heteroatoms. The van der Waals surface area contributed by atoms with Crippen molar-refractivity contribution < 1.29 is 10.2 Å². The van der Waals surface area contributed by atoms with Gasteiger partial charge in [0.1, 0.15) is 0 Å². The minimum atomic E-state index is -0.0666. The molecule has 3 fully saturated rings. The molecular formula is C23H38O2. The van der Waals surface area contributed by atoms with E-state index in [9.17, 15) is 10.2 Å². The van der Waals surface area contributed by atoms with E-state index in [-0.39, 0.29) is 11.5 Å². The van der Waals surface area contributed by atoms with Gasteiger partial charge in [-0.15, -0.1) is 0 Å². The van der Waals surface area contributed by atoms with Gasteiger partial charge in [-0.1, -0.05) is 39.3 Å². The van der Waals surface area contributed by atoms with E-state index in [4.69, 9.17) is 0 Å². The Hall–Kier alpha value is -0.340. The van der Waals surface area contributed by atoms with E-state index >= 15 is 0 Å². The minimum Gasteiger partial charge on any atom is -0.396 e. The summed E-state index contributed by atoms with van der Waals surface area (Å²) < 4.78 is 0. The van der Waals surface area contributed by atoms with Crippen LogP contribution in [0.3, 0.4) is 0 Å². The second-order valence-electron chi connectivity index (χ2n) is 11.0. The average molecular weight is 347 g/mol. The highest BCUT2D eigenvalue weighted by Crippen LogP contribution is 2.67. The normalized spacial score (nSPS) is 49.8. The standard InChI is InChI=1S/C23H38O2/c1-21(2,14-24)20-8-7-18-17-6-5-15-13-16(25)9-11-22(15,3)19(17)10-12-23(18,20)4/h6,15-16,18-20,24-25H,5,7-14H2,1-4H3/t15?,16-,18?,19?,20?,22-,23-/m0/s1. The van der Waals surface area contributed by atoms with Gasteiger partial charge in [-0.05, 0) is 91.3 Å². The minimum absolute atomic E-state index is 0.0347. The van der Waals surface area contributed by atoms with Gasteiger partial charge in [-0.25, -0.2) is 0 Å². The molecule has 4 unspecified atom stereocenters. The fourth-order valence-electron chi connectivity index (χ4n) is 7.88. The number of hydrogen-bond donors (Lipinski definition) is 2. The SMILES string of the molecule is CC(C)(CO)C1CCC2C3=CCC4C[C@@H](O)CC[C@]4(C)C3CC[C@@]21C. The highest BCUT2D eigenvalue weighted by molar-refractivity contribution is 5.28. The zero-order chi connectivity index (χ0) is 18.0. The Morgan fingerprint density at radius 1 is 1.04 bits per heavy atom. The molecule has 3 saturated carbocycles. The summed E-state index contributed by atoms with van der Waals surface area (Å²) in [7, 11) is 0. The fraction of sp³-hybridized carbons (Fsp3) is 0.913. The molecule has 25 heavy (non-hydrogen) atoms. The van der Waals surface area contributed by atoms with Crippen LogP contribution in [0.15, 0.2) is 11.6 Å². The summed E-state index contributed by atoms with van der Waals surface area (Å²) in [5, 5.41) is 20.1. The van der Waals surface area contributed by atoms with Gasteiger partial charge in [-0.3, -0.25) is 0 Å². The molecule has 0 aromatic carbocycles. The lowest BCUT2D eigenvalue weighted by Gasteiger charge is -2.58. The molecule has 0 amide bonds. The van der Waals surface area contributed by atoms with E-state index in [1.54, 1.807) is 5.57 Å². The van der Waals surface area contributed by atoms with Gasteiger partial charge < -0.3 is 10.2 Å². The third-order valence-corrected chi connectivity index (χ3v) is 9.40. The summed E-state index contributed by atoms with van der Waals surface area (Å²) in [5.74, 6) is 2.79. The Morgan fingerprint density at radius 2 is 1.72 bits per heavy atom. The first-order chi connectivity index (χ1) is 11.7. The molecule has 4 aliphatic carbocycles. The quantitative estimate of drug-likeness (QED) is 0.695. The summed E-state index contributed by atoms with van der Waals surface area (Å²) >= 11 is 0.